The van der Waals surface area contributed by atoms with E-state index in [1.165, 1.54) is 23.0 Å². The Bertz CT molecular complexity index is 1470. The lowest BCUT2D eigenvalue weighted by atomic mass is 9.92. The first-order valence-corrected chi connectivity index (χ1v) is 14.2. The van der Waals surface area contributed by atoms with E-state index in [-0.39, 0.29) is 18.3 Å². The number of aliphatic hydroxyl groups is 1. The van der Waals surface area contributed by atoms with Crippen molar-refractivity contribution in [2.24, 2.45) is 5.73 Å². The average Bonchev–Trinajstić information content (AvgIpc) is 3.59. The Labute approximate surface area is 217 Å². The third-order valence-corrected chi connectivity index (χ3v) is 8.30. The van der Waals surface area contributed by atoms with Crippen LogP contribution in [0.5, 0.6) is 0 Å². The topological polar surface area (TPSA) is 139 Å². The number of benzene rings is 2. The zero-order valence-corrected chi connectivity index (χ0v) is 21.6. The quantitative estimate of drug-likeness (QED) is 0.217. The summed E-state index contributed by atoms with van der Waals surface area (Å²) in [5, 5.41) is 10.1. The molecule has 5 rings (SSSR count). The van der Waals surface area contributed by atoms with Gasteiger partial charge < -0.3 is 20.6 Å². The molecule has 2 aromatic carbocycles. The van der Waals surface area contributed by atoms with E-state index in [1.807, 2.05) is 30.3 Å². The van der Waals surface area contributed by atoms with E-state index in [9.17, 15) is 9.67 Å². The molecule has 1 fully saturated rings. The van der Waals surface area contributed by atoms with E-state index < -0.39 is 32.4 Å². The van der Waals surface area contributed by atoms with Crippen molar-refractivity contribution in [2.45, 2.75) is 36.6 Å². The second-order valence-electron chi connectivity index (χ2n) is 9.59. The van der Waals surface area contributed by atoms with Crippen molar-refractivity contribution in [1.82, 2.24) is 9.97 Å². The van der Waals surface area contributed by atoms with Crippen LogP contribution in [0.2, 0.25) is 0 Å². The van der Waals surface area contributed by atoms with E-state index >= 15 is 4.39 Å². The zero-order chi connectivity index (χ0) is 26.3. The number of aromatic nitrogens is 2. The average molecular weight is 544 g/mol. The molecule has 1 aliphatic carbocycles. The second kappa shape index (κ2) is 9.96. The van der Waals surface area contributed by atoms with E-state index in [0.717, 1.165) is 28.9 Å². The highest BCUT2D eigenvalue weighted by molar-refractivity contribution is 7.46. The molecule has 0 radical (unpaired) electrons. The van der Waals surface area contributed by atoms with Crippen LogP contribution in [-0.4, -0.2) is 43.6 Å². The van der Waals surface area contributed by atoms with Crippen molar-refractivity contribution >= 4 is 29.5 Å². The molecule has 11 heteroatoms. The molecule has 1 atom stereocenters. The first-order valence-electron chi connectivity index (χ1n) is 11.8. The number of halogens is 1. The maximum atomic E-state index is 15.1. The van der Waals surface area contributed by atoms with E-state index in [0.29, 0.717) is 16.1 Å². The van der Waals surface area contributed by atoms with Gasteiger partial charge in [-0.3, -0.25) is 4.52 Å². The Kier molecular flexibility index (Phi) is 7.02. The van der Waals surface area contributed by atoms with Gasteiger partial charge in [-0.05, 0) is 61.1 Å². The second-order valence-corrected chi connectivity index (χ2v) is 11.8. The molecule has 0 saturated heterocycles. The van der Waals surface area contributed by atoms with Crippen molar-refractivity contribution in [3.8, 4) is 10.6 Å². The van der Waals surface area contributed by atoms with Gasteiger partial charge in [0, 0.05) is 11.0 Å². The number of rotatable bonds is 10. The first-order chi connectivity index (χ1) is 17.6. The molecule has 0 bridgehead atoms. The number of phosphoric ester groups is 1. The van der Waals surface area contributed by atoms with Crippen molar-refractivity contribution in [1.29, 1.82) is 0 Å². The molecule has 0 aliphatic heterocycles. The van der Waals surface area contributed by atoms with Gasteiger partial charge in [-0.15, -0.1) is 0 Å². The number of fused-ring (bicyclic) bond motifs is 1. The molecule has 1 aliphatic rings. The number of aryl methyl sites for hydroxylation is 1. The van der Waals surface area contributed by atoms with Crippen molar-refractivity contribution in [3.05, 3.63) is 83.3 Å². The maximum Gasteiger partial charge on any atom is 0.469 e. The number of hydrogen-bond donors (Lipinski definition) is 4. The lowest BCUT2D eigenvalue weighted by Crippen LogP contribution is -2.48. The number of nitrogens with zero attached hydrogens (tertiary/aromatic N) is 2. The number of nitrogens with two attached hydrogens (primary N) is 1. The molecule has 0 spiro atoms. The Morgan fingerprint density at radius 2 is 1.86 bits per heavy atom. The highest BCUT2D eigenvalue weighted by Crippen LogP contribution is 2.53. The Morgan fingerprint density at radius 3 is 2.51 bits per heavy atom. The fourth-order valence-corrected chi connectivity index (χ4v) is 5.85. The number of aliphatic hydroxyl groups excluding tert-OH is 1. The van der Waals surface area contributed by atoms with Gasteiger partial charge in [-0.2, -0.15) is 0 Å². The van der Waals surface area contributed by atoms with Crippen molar-refractivity contribution < 1.29 is 28.4 Å². The summed E-state index contributed by atoms with van der Waals surface area (Å²) >= 11 is 1.35. The van der Waals surface area contributed by atoms with Crippen LogP contribution in [0, 0.1) is 5.82 Å². The summed E-state index contributed by atoms with van der Waals surface area (Å²) in [6.07, 6.45) is 2.51. The van der Waals surface area contributed by atoms with Crippen LogP contribution in [0.1, 0.15) is 36.1 Å². The third kappa shape index (κ3) is 5.66. The summed E-state index contributed by atoms with van der Waals surface area (Å²) in [7, 11) is -4.72. The van der Waals surface area contributed by atoms with Gasteiger partial charge in [0.05, 0.1) is 24.4 Å². The predicted octanol–water partition coefficient (Wildman–Crippen LogP) is 4.31. The number of thiazole rings is 1. The maximum absolute atomic E-state index is 15.1. The smallest absolute Gasteiger partial charge is 0.394 e. The van der Waals surface area contributed by atoms with Crippen LogP contribution < -0.4 is 5.73 Å². The third-order valence-electron chi connectivity index (χ3n) is 6.83. The van der Waals surface area contributed by atoms with Gasteiger partial charge >= 0.3 is 7.82 Å². The molecule has 2 aromatic heterocycles. The van der Waals surface area contributed by atoms with E-state index in [4.69, 9.17) is 20.5 Å². The first kappa shape index (κ1) is 26.1. The van der Waals surface area contributed by atoms with Crippen molar-refractivity contribution in [2.75, 3.05) is 13.2 Å². The predicted molar refractivity (Wildman–Crippen MR) is 140 cm³/mol. The van der Waals surface area contributed by atoms with Gasteiger partial charge in [0.2, 0.25) is 0 Å². The van der Waals surface area contributed by atoms with Gasteiger partial charge in [-0.25, -0.2) is 18.9 Å². The molecular weight excluding hydrogens is 516 g/mol. The molecule has 2 heterocycles. The summed E-state index contributed by atoms with van der Waals surface area (Å²) < 4.78 is 30.5. The molecule has 0 amide bonds. The van der Waals surface area contributed by atoms with Gasteiger partial charge in [0.15, 0.2) is 0 Å². The SMILES string of the molecule is N[C@](CO)(CCc1ccc(-c2nc3ccc(C4(c5ccccc5)CC4)nc3s2)c(F)c1)COP(=O)(O)O. The number of pyridine rings is 1. The number of phosphoric acid groups is 1. The van der Waals surface area contributed by atoms with Crippen LogP contribution in [0.3, 0.4) is 0 Å². The summed E-state index contributed by atoms with van der Waals surface area (Å²) in [5.41, 5.74) is 8.55. The summed E-state index contributed by atoms with van der Waals surface area (Å²) in [6.45, 7) is -1.07. The molecule has 1 saturated carbocycles. The Morgan fingerprint density at radius 1 is 1.11 bits per heavy atom. The lowest BCUT2D eigenvalue weighted by Gasteiger charge is -2.27. The van der Waals surface area contributed by atoms with Crippen LogP contribution in [-0.2, 0) is 20.9 Å². The van der Waals surface area contributed by atoms with Crippen LogP contribution in [0.4, 0.5) is 4.39 Å². The summed E-state index contributed by atoms with van der Waals surface area (Å²) in [6, 6.07) is 19.1. The monoisotopic (exact) mass is 543 g/mol. The fraction of sp³-hybridized carbons (Fsp3) is 0.308. The largest absolute Gasteiger partial charge is 0.469 e. The van der Waals surface area contributed by atoms with Crippen LogP contribution in [0.25, 0.3) is 20.9 Å². The zero-order valence-electron chi connectivity index (χ0n) is 19.9. The molecule has 194 valence electrons. The fourth-order valence-electron chi connectivity index (χ4n) is 4.46. The van der Waals surface area contributed by atoms with Crippen LogP contribution in [0.15, 0.2) is 60.7 Å². The number of hydrogen-bond acceptors (Lipinski definition) is 7. The molecule has 0 unspecified atom stereocenters. The normalized spacial score (nSPS) is 16.6. The highest BCUT2D eigenvalue weighted by atomic mass is 32.1. The lowest BCUT2D eigenvalue weighted by molar-refractivity contribution is 0.102. The summed E-state index contributed by atoms with van der Waals surface area (Å²) in [4.78, 5) is 28.1. The van der Waals surface area contributed by atoms with Gasteiger partial charge in [0.25, 0.3) is 0 Å². The Balaban J connectivity index is 1.33. The van der Waals surface area contributed by atoms with Gasteiger partial charge in [0.1, 0.15) is 21.2 Å². The van der Waals surface area contributed by atoms with Gasteiger partial charge in [-0.1, -0.05) is 47.7 Å². The summed E-state index contributed by atoms with van der Waals surface area (Å²) in [5.74, 6) is -0.446. The molecule has 4 aromatic rings. The molecule has 5 N–H and O–H groups in total. The standard InChI is InChI=1S/C26H27FN3O5PS/c27-20-14-17(10-11-25(28,15-31)16-35-36(32,33)34)6-7-19(20)23-29-21-8-9-22(30-24(21)37-23)26(12-13-26)18-4-2-1-3-5-18/h1-9,14,31H,10-13,15-16,28H2,(H2,32,33,34)/t25-/m0/s1. The van der Waals surface area contributed by atoms with E-state index in [1.54, 1.807) is 12.1 Å². The van der Waals surface area contributed by atoms with Crippen LogP contribution >= 0.6 is 19.2 Å². The van der Waals surface area contributed by atoms with Crippen molar-refractivity contribution in [3.63, 3.8) is 0 Å². The molecular formula is C26H27FN3O5PS. The Hall–Kier alpha value is -2.56. The minimum Gasteiger partial charge on any atom is -0.394 e. The highest BCUT2D eigenvalue weighted by Gasteiger charge is 2.47. The van der Waals surface area contributed by atoms with E-state index in [2.05, 4.69) is 21.6 Å². The molecule has 37 heavy (non-hydrogen) atoms. The minimum absolute atomic E-state index is 0.0599. The minimum atomic E-state index is -4.72. The molecule has 8 nitrogen and oxygen atoms in total.